The van der Waals surface area contributed by atoms with Gasteiger partial charge in [0.1, 0.15) is 18.2 Å². The molecule has 0 amide bonds. The van der Waals surface area contributed by atoms with Crippen molar-refractivity contribution < 1.29 is 13.9 Å². The SMILES string of the molecule is CC1CCC(COc2ccc([C@H](C)N)c(F)c2)O1. The molecule has 100 valence electrons. The quantitative estimate of drug-likeness (QED) is 0.897. The minimum Gasteiger partial charge on any atom is -0.491 e. The molecule has 1 aliphatic rings. The first-order valence-electron chi connectivity index (χ1n) is 6.39. The Morgan fingerprint density at radius 3 is 2.83 bits per heavy atom. The van der Waals surface area contributed by atoms with Gasteiger partial charge in [-0.05, 0) is 32.8 Å². The number of ether oxygens (including phenoxy) is 2. The van der Waals surface area contributed by atoms with E-state index in [9.17, 15) is 4.39 Å². The molecule has 1 aromatic rings. The third-order valence-electron chi connectivity index (χ3n) is 3.22. The van der Waals surface area contributed by atoms with Crippen molar-refractivity contribution >= 4 is 0 Å². The molecule has 3 nitrogen and oxygen atoms in total. The fraction of sp³-hybridized carbons (Fsp3) is 0.571. The maximum Gasteiger partial charge on any atom is 0.131 e. The van der Waals surface area contributed by atoms with E-state index in [4.69, 9.17) is 15.2 Å². The highest BCUT2D eigenvalue weighted by atomic mass is 19.1. The van der Waals surface area contributed by atoms with Gasteiger partial charge in [0.15, 0.2) is 0 Å². The zero-order chi connectivity index (χ0) is 13.1. The molecule has 1 saturated heterocycles. The van der Waals surface area contributed by atoms with E-state index in [-0.39, 0.29) is 18.0 Å². The summed E-state index contributed by atoms with van der Waals surface area (Å²) in [5.41, 5.74) is 6.16. The van der Waals surface area contributed by atoms with E-state index >= 15 is 0 Å². The first-order valence-corrected chi connectivity index (χ1v) is 6.39. The smallest absolute Gasteiger partial charge is 0.131 e. The van der Waals surface area contributed by atoms with Crippen molar-refractivity contribution in [1.29, 1.82) is 0 Å². The van der Waals surface area contributed by atoms with Gasteiger partial charge >= 0.3 is 0 Å². The monoisotopic (exact) mass is 253 g/mol. The van der Waals surface area contributed by atoms with E-state index in [2.05, 4.69) is 6.92 Å². The lowest BCUT2D eigenvalue weighted by molar-refractivity contribution is 0.0264. The highest BCUT2D eigenvalue weighted by Crippen LogP contribution is 2.23. The second-order valence-electron chi connectivity index (χ2n) is 4.93. The highest BCUT2D eigenvalue weighted by Gasteiger charge is 2.22. The van der Waals surface area contributed by atoms with Crippen LogP contribution in [-0.2, 0) is 4.74 Å². The van der Waals surface area contributed by atoms with E-state index in [1.807, 2.05) is 0 Å². The fourth-order valence-electron chi connectivity index (χ4n) is 2.16. The molecule has 0 saturated carbocycles. The van der Waals surface area contributed by atoms with Crippen LogP contribution >= 0.6 is 0 Å². The first kappa shape index (κ1) is 13.3. The summed E-state index contributed by atoms with van der Waals surface area (Å²) < 4.78 is 24.9. The van der Waals surface area contributed by atoms with Crippen LogP contribution in [-0.4, -0.2) is 18.8 Å². The van der Waals surface area contributed by atoms with Gasteiger partial charge in [0.2, 0.25) is 0 Å². The third-order valence-corrected chi connectivity index (χ3v) is 3.22. The number of hydrogen-bond acceptors (Lipinski definition) is 3. The standard InChI is InChI=1S/C14H20FNO2/c1-9-3-4-12(18-9)8-17-11-5-6-13(10(2)16)14(15)7-11/h5-7,9-10,12H,3-4,8,16H2,1-2H3/t9?,10-,12?/m0/s1. The maximum atomic E-state index is 13.7. The molecule has 1 fully saturated rings. The molecule has 2 N–H and O–H groups in total. The van der Waals surface area contributed by atoms with E-state index in [1.165, 1.54) is 6.07 Å². The molecule has 0 radical (unpaired) electrons. The van der Waals surface area contributed by atoms with Crippen LogP contribution in [0.3, 0.4) is 0 Å². The summed E-state index contributed by atoms with van der Waals surface area (Å²) in [7, 11) is 0. The molecular weight excluding hydrogens is 233 g/mol. The van der Waals surface area contributed by atoms with E-state index in [0.717, 1.165) is 12.8 Å². The number of halogens is 1. The normalized spacial score (nSPS) is 25.1. The number of hydrogen-bond donors (Lipinski definition) is 1. The summed E-state index contributed by atoms with van der Waals surface area (Å²) >= 11 is 0. The largest absolute Gasteiger partial charge is 0.491 e. The van der Waals surface area contributed by atoms with Crippen LogP contribution in [0.15, 0.2) is 18.2 Å². The topological polar surface area (TPSA) is 44.5 Å². The van der Waals surface area contributed by atoms with Gasteiger partial charge in [-0.25, -0.2) is 4.39 Å². The van der Waals surface area contributed by atoms with Crippen molar-refractivity contribution in [2.75, 3.05) is 6.61 Å². The minimum atomic E-state index is -0.316. The van der Waals surface area contributed by atoms with Crippen molar-refractivity contribution in [3.8, 4) is 5.75 Å². The molecule has 1 heterocycles. The Morgan fingerprint density at radius 1 is 1.50 bits per heavy atom. The van der Waals surface area contributed by atoms with Gasteiger partial charge in [-0.15, -0.1) is 0 Å². The molecule has 1 aromatic carbocycles. The van der Waals surface area contributed by atoms with Gasteiger partial charge in [0, 0.05) is 17.7 Å². The average molecular weight is 253 g/mol. The van der Waals surface area contributed by atoms with Crippen LogP contribution in [0.4, 0.5) is 4.39 Å². The Morgan fingerprint density at radius 2 is 2.28 bits per heavy atom. The van der Waals surface area contributed by atoms with E-state index in [0.29, 0.717) is 24.0 Å². The summed E-state index contributed by atoms with van der Waals surface area (Å²) in [4.78, 5) is 0. The van der Waals surface area contributed by atoms with Crippen molar-refractivity contribution in [3.63, 3.8) is 0 Å². The minimum absolute atomic E-state index is 0.121. The summed E-state index contributed by atoms with van der Waals surface area (Å²) in [5, 5.41) is 0. The molecule has 0 aliphatic carbocycles. The van der Waals surface area contributed by atoms with Crippen LogP contribution in [0.25, 0.3) is 0 Å². The van der Waals surface area contributed by atoms with Gasteiger partial charge in [-0.1, -0.05) is 6.07 Å². The second kappa shape index (κ2) is 5.67. The second-order valence-corrected chi connectivity index (χ2v) is 4.93. The first-order chi connectivity index (χ1) is 8.56. The zero-order valence-corrected chi connectivity index (χ0v) is 10.9. The lowest BCUT2D eigenvalue weighted by Crippen LogP contribution is -2.18. The molecule has 0 bridgehead atoms. The van der Waals surface area contributed by atoms with Crippen LogP contribution in [0.5, 0.6) is 5.75 Å². The predicted octanol–water partition coefficient (Wildman–Crippen LogP) is 2.79. The van der Waals surface area contributed by atoms with E-state index < -0.39 is 0 Å². The molecule has 0 spiro atoms. The molecule has 0 aromatic heterocycles. The zero-order valence-electron chi connectivity index (χ0n) is 10.9. The van der Waals surface area contributed by atoms with Gasteiger partial charge in [0.05, 0.1) is 12.2 Å². The Balaban J connectivity index is 1.92. The van der Waals surface area contributed by atoms with Crippen LogP contribution < -0.4 is 10.5 Å². The Kier molecular flexibility index (Phi) is 4.19. The van der Waals surface area contributed by atoms with Crippen molar-refractivity contribution in [2.45, 2.75) is 44.9 Å². The lowest BCUT2D eigenvalue weighted by atomic mass is 10.1. The molecule has 4 heteroatoms. The summed E-state index contributed by atoms with van der Waals surface area (Å²) in [5.74, 6) is 0.211. The summed E-state index contributed by atoms with van der Waals surface area (Å²) in [6, 6.07) is 4.50. The van der Waals surface area contributed by atoms with Gasteiger partial charge < -0.3 is 15.2 Å². The molecule has 18 heavy (non-hydrogen) atoms. The number of rotatable bonds is 4. The van der Waals surface area contributed by atoms with Gasteiger partial charge in [-0.3, -0.25) is 0 Å². The molecular formula is C14H20FNO2. The summed E-state index contributed by atoms with van der Waals surface area (Å²) in [6.07, 6.45) is 2.49. The molecule has 2 unspecified atom stereocenters. The number of benzene rings is 1. The third kappa shape index (κ3) is 3.21. The van der Waals surface area contributed by atoms with Crippen molar-refractivity contribution in [3.05, 3.63) is 29.6 Å². The highest BCUT2D eigenvalue weighted by molar-refractivity contribution is 5.30. The van der Waals surface area contributed by atoms with Gasteiger partial charge in [-0.2, -0.15) is 0 Å². The molecule has 3 atom stereocenters. The Bertz CT molecular complexity index is 409. The predicted molar refractivity (Wildman–Crippen MR) is 68.1 cm³/mol. The fourth-order valence-corrected chi connectivity index (χ4v) is 2.16. The lowest BCUT2D eigenvalue weighted by Gasteiger charge is -2.14. The van der Waals surface area contributed by atoms with Crippen molar-refractivity contribution in [1.82, 2.24) is 0 Å². The number of nitrogens with two attached hydrogens (primary N) is 1. The Labute approximate surface area is 107 Å². The summed E-state index contributed by atoms with van der Waals surface area (Å²) in [6.45, 7) is 4.28. The van der Waals surface area contributed by atoms with E-state index in [1.54, 1.807) is 19.1 Å². The van der Waals surface area contributed by atoms with Crippen LogP contribution in [0, 0.1) is 5.82 Å². The van der Waals surface area contributed by atoms with Crippen molar-refractivity contribution in [2.24, 2.45) is 5.73 Å². The molecule has 1 aliphatic heterocycles. The van der Waals surface area contributed by atoms with Gasteiger partial charge in [0.25, 0.3) is 0 Å². The molecule has 2 rings (SSSR count). The van der Waals surface area contributed by atoms with Crippen LogP contribution in [0.1, 0.15) is 38.3 Å². The Hall–Kier alpha value is -1.13. The average Bonchev–Trinajstić information content (AvgIpc) is 2.72. The maximum absolute atomic E-state index is 13.7. The van der Waals surface area contributed by atoms with Crippen LogP contribution in [0.2, 0.25) is 0 Å².